The number of carboxylic acid groups (broad SMARTS) is 1. The molecule has 6 heteroatoms. The van der Waals surface area contributed by atoms with E-state index >= 15 is 0 Å². The Morgan fingerprint density at radius 2 is 2.00 bits per heavy atom. The lowest BCUT2D eigenvalue weighted by atomic mass is 10.1. The lowest BCUT2D eigenvalue weighted by molar-refractivity contribution is -0.384. The number of nitrogens with zero attached hydrogens (tertiary/aromatic N) is 2. The molecule has 0 heterocycles. The Kier molecular flexibility index (Phi) is 4.86. The lowest BCUT2D eigenvalue weighted by Crippen LogP contribution is -2.31. The minimum absolute atomic E-state index is 0.0541. The first-order valence-corrected chi connectivity index (χ1v) is 6.16. The molecule has 1 aromatic carbocycles. The highest BCUT2D eigenvalue weighted by Crippen LogP contribution is 2.31. The molecule has 0 saturated carbocycles. The van der Waals surface area contributed by atoms with Gasteiger partial charge in [-0.15, -0.1) is 0 Å². The van der Waals surface area contributed by atoms with E-state index in [9.17, 15) is 14.9 Å². The maximum Gasteiger partial charge on any atom is 0.335 e. The number of hydrogen-bond acceptors (Lipinski definition) is 4. The van der Waals surface area contributed by atoms with E-state index in [4.69, 9.17) is 5.11 Å². The molecule has 0 unspecified atom stereocenters. The molecule has 0 atom stereocenters. The molecule has 1 rings (SSSR count). The van der Waals surface area contributed by atoms with E-state index in [2.05, 4.69) is 0 Å². The fraction of sp³-hybridized carbons (Fsp3) is 0.462. The van der Waals surface area contributed by atoms with Crippen molar-refractivity contribution in [3.63, 3.8) is 0 Å². The van der Waals surface area contributed by atoms with Crippen LogP contribution in [0, 0.1) is 10.1 Å². The summed E-state index contributed by atoms with van der Waals surface area (Å²) < 4.78 is 0. The van der Waals surface area contributed by atoms with E-state index in [1.165, 1.54) is 18.2 Å². The second kappa shape index (κ2) is 6.17. The van der Waals surface area contributed by atoms with Crippen molar-refractivity contribution in [2.45, 2.75) is 32.7 Å². The summed E-state index contributed by atoms with van der Waals surface area (Å²) in [6, 6.07) is 4.00. The number of carboxylic acids is 1. The van der Waals surface area contributed by atoms with E-state index in [0.29, 0.717) is 5.69 Å². The van der Waals surface area contributed by atoms with Gasteiger partial charge in [0, 0.05) is 19.2 Å². The molecule has 104 valence electrons. The third kappa shape index (κ3) is 3.21. The second-order valence-electron chi connectivity index (χ2n) is 4.35. The Morgan fingerprint density at radius 1 is 1.42 bits per heavy atom. The summed E-state index contributed by atoms with van der Waals surface area (Å²) in [5.74, 6) is -1.09. The molecule has 19 heavy (non-hydrogen) atoms. The molecule has 0 spiro atoms. The van der Waals surface area contributed by atoms with Crippen molar-refractivity contribution in [2.24, 2.45) is 0 Å². The van der Waals surface area contributed by atoms with Gasteiger partial charge in [-0.1, -0.05) is 13.8 Å². The molecule has 1 N–H and O–H groups in total. The molecular weight excluding hydrogens is 248 g/mol. The van der Waals surface area contributed by atoms with Crippen LogP contribution in [0.2, 0.25) is 0 Å². The molecule has 0 fully saturated rings. The first kappa shape index (κ1) is 14.9. The van der Waals surface area contributed by atoms with Gasteiger partial charge in [0.25, 0.3) is 5.69 Å². The number of nitro benzene ring substituents is 1. The van der Waals surface area contributed by atoms with Crippen LogP contribution in [0.3, 0.4) is 0 Å². The Balaban J connectivity index is 3.31. The Morgan fingerprint density at radius 3 is 2.42 bits per heavy atom. The van der Waals surface area contributed by atoms with Crippen LogP contribution in [-0.2, 0) is 0 Å². The number of hydrogen-bond donors (Lipinski definition) is 1. The SMILES string of the molecule is CCC(CC)N(C)c1cc(C(=O)O)ccc1[N+](=O)[O-]. The van der Waals surface area contributed by atoms with Crippen LogP contribution in [0.5, 0.6) is 0 Å². The number of aromatic carboxylic acids is 1. The summed E-state index contributed by atoms with van der Waals surface area (Å²) in [6.07, 6.45) is 1.67. The quantitative estimate of drug-likeness (QED) is 0.632. The van der Waals surface area contributed by atoms with Crippen LogP contribution in [-0.4, -0.2) is 29.1 Å². The molecule has 0 amide bonds. The van der Waals surface area contributed by atoms with Crippen LogP contribution >= 0.6 is 0 Å². The summed E-state index contributed by atoms with van der Waals surface area (Å²) in [7, 11) is 1.76. The molecule has 0 bridgehead atoms. The van der Waals surface area contributed by atoms with E-state index < -0.39 is 10.9 Å². The highest BCUT2D eigenvalue weighted by molar-refractivity contribution is 5.90. The molecule has 6 nitrogen and oxygen atoms in total. The van der Waals surface area contributed by atoms with Gasteiger partial charge in [-0.2, -0.15) is 0 Å². The van der Waals surface area contributed by atoms with E-state index in [1.54, 1.807) is 11.9 Å². The topological polar surface area (TPSA) is 83.7 Å². The van der Waals surface area contributed by atoms with Gasteiger partial charge in [0.15, 0.2) is 0 Å². The molecule has 0 aliphatic rings. The van der Waals surface area contributed by atoms with Gasteiger partial charge in [0.05, 0.1) is 10.5 Å². The third-order valence-electron chi connectivity index (χ3n) is 3.29. The van der Waals surface area contributed by atoms with Crippen molar-refractivity contribution in [1.29, 1.82) is 0 Å². The van der Waals surface area contributed by atoms with Gasteiger partial charge >= 0.3 is 5.97 Å². The Hall–Kier alpha value is -2.11. The van der Waals surface area contributed by atoms with Gasteiger partial charge in [0.1, 0.15) is 5.69 Å². The average molecular weight is 266 g/mol. The number of nitro groups is 1. The molecule has 0 aliphatic heterocycles. The van der Waals surface area contributed by atoms with Gasteiger partial charge in [-0.3, -0.25) is 10.1 Å². The normalized spacial score (nSPS) is 10.5. The van der Waals surface area contributed by atoms with Crippen molar-refractivity contribution in [3.8, 4) is 0 Å². The third-order valence-corrected chi connectivity index (χ3v) is 3.29. The highest BCUT2D eigenvalue weighted by atomic mass is 16.6. The lowest BCUT2D eigenvalue weighted by Gasteiger charge is -2.28. The molecule has 0 aromatic heterocycles. The molecule has 0 radical (unpaired) electrons. The smallest absolute Gasteiger partial charge is 0.335 e. The number of carbonyl (C=O) groups is 1. The molecular formula is C13H18N2O4. The van der Waals surface area contributed by atoms with Gasteiger partial charge in [-0.25, -0.2) is 4.79 Å². The van der Waals surface area contributed by atoms with Crippen LogP contribution < -0.4 is 4.90 Å². The number of rotatable bonds is 6. The Bertz CT molecular complexity index is 484. The van der Waals surface area contributed by atoms with Crippen LogP contribution in [0.15, 0.2) is 18.2 Å². The fourth-order valence-corrected chi connectivity index (χ4v) is 2.13. The number of anilines is 1. The summed E-state index contributed by atoms with van der Waals surface area (Å²) >= 11 is 0. The van der Waals surface area contributed by atoms with Crippen molar-refractivity contribution in [2.75, 3.05) is 11.9 Å². The summed E-state index contributed by atoms with van der Waals surface area (Å²) in [5.41, 5.74) is 0.330. The van der Waals surface area contributed by atoms with Crippen LogP contribution in [0.25, 0.3) is 0 Å². The molecule has 1 aromatic rings. The van der Waals surface area contributed by atoms with Gasteiger partial charge in [-0.05, 0) is 25.0 Å². The maximum absolute atomic E-state index is 11.0. The summed E-state index contributed by atoms with van der Waals surface area (Å²) in [6.45, 7) is 4.00. The zero-order valence-electron chi connectivity index (χ0n) is 11.3. The average Bonchev–Trinajstić information content (AvgIpc) is 2.39. The first-order chi connectivity index (χ1) is 8.92. The number of benzene rings is 1. The van der Waals surface area contributed by atoms with Crippen molar-refractivity contribution < 1.29 is 14.8 Å². The fourth-order valence-electron chi connectivity index (χ4n) is 2.13. The van der Waals surface area contributed by atoms with Crippen LogP contribution in [0.1, 0.15) is 37.0 Å². The van der Waals surface area contributed by atoms with Crippen LogP contribution in [0.4, 0.5) is 11.4 Å². The maximum atomic E-state index is 11.0. The van der Waals surface area contributed by atoms with Gasteiger partial charge in [0.2, 0.25) is 0 Å². The predicted octanol–water partition coefficient (Wildman–Crippen LogP) is 2.92. The monoisotopic (exact) mass is 266 g/mol. The van der Waals surface area contributed by atoms with E-state index in [0.717, 1.165) is 12.8 Å². The Labute approximate surface area is 111 Å². The minimum Gasteiger partial charge on any atom is -0.478 e. The van der Waals surface area contributed by atoms with Crippen molar-refractivity contribution >= 4 is 17.3 Å². The van der Waals surface area contributed by atoms with Gasteiger partial charge < -0.3 is 10.0 Å². The van der Waals surface area contributed by atoms with Crippen molar-refractivity contribution in [1.82, 2.24) is 0 Å². The van der Waals surface area contributed by atoms with E-state index in [-0.39, 0.29) is 17.3 Å². The molecule has 0 saturated heterocycles. The highest BCUT2D eigenvalue weighted by Gasteiger charge is 2.22. The predicted molar refractivity (Wildman–Crippen MR) is 72.8 cm³/mol. The first-order valence-electron chi connectivity index (χ1n) is 6.16. The zero-order valence-corrected chi connectivity index (χ0v) is 11.3. The van der Waals surface area contributed by atoms with E-state index in [1.807, 2.05) is 13.8 Å². The second-order valence-corrected chi connectivity index (χ2v) is 4.35. The largest absolute Gasteiger partial charge is 0.478 e. The standard InChI is InChI=1S/C13H18N2O4/c1-4-10(5-2)14(3)12-8-9(13(16)17)6-7-11(12)15(18)19/h6-8,10H,4-5H2,1-3H3,(H,16,17). The molecule has 0 aliphatic carbocycles. The minimum atomic E-state index is -1.09. The van der Waals surface area contributed by atoms with Crippen molar-refractivity contribution in [3.05, 3.63) is 33.9 Å². The summed E-state index contributed by atoms with van der Waals surface area (Å²) in [5, 5.41) is 20.0. The zero-order chi connectivity index (χ0) is 14.6. The summed E-state index contributed by atoms with van der Waals surface area (Å²) in [4.78, 5) is 23.3.